The number of phosphoric ester groups is 1. The van der Waals surface area contributed by atoms with E-state index in [0.717, 1.165) is 5.57 Å². The number of benzene rings is 2. The summed E-state index contributed by atoms with van der Waals surface area (Å²) in [4.78, 5) is 107. The smallest absolute Gasteiger partial charge is 0.470 e. The lowest BCUT2D eigenvalue weighted by Gasteiger charge is -2.59. The van der Waals surface area contributed by atoms with Crippen LogP contribution in [0.2, 0.25) is 0 Å². The molecule has 0 radical (unpaired) electrons. The monoisotopic (exact) mass is 984 g/mol. The minimum absolute atomic E-state index is 0.0410. The van der Waals surface area contributed by atoms with Gasteiger partial charge in [-0.25, -0.2) is 4.57 Å². The van der Waals surface area contributed by atoms with E-state index >= 15 is 0 Å². The molecule has 2 aromatic carbocycles. The number of carboxylic acid groups (broad SMARTS) is 1. The highest BCUT2D eigenvalue weighted by atomic mass is 79.9. The molecule has 1 heterocycles. The Bertz CT molecular complexity index is 2390. The van der Waals surface area contributed by atoms with Gasteiger partial charge >= 0.3 is 13.8 Å². The van der Waals surface area contributed by atoms with Crippen molar-refractivity contribution in [2.24, 2.45) is 28.6 Å². The molecule has 1 saturated heterocycles. The number of fused-ring (bicyclic) bond motifs is 7. The molecule has 1 aliphatic heterocycles. The molecule has 8 N–H and O–H groups in total. The van der Waals surface area contributed by atoms with Gasteiger partial charge in [-0.3, -0.25) is 38.1 Å². The predicted octanol–water partition coefficient (Wildman–Crippen LogP) is 3.46. The van der Waals surface area contributed by atoms with E-state index in [-0.39, 0.29) is 53.0 Å². The summed E-state index contributed by atoms with van der Waals surface area (Å²) in [6.45, 7) is 2.47. The van der Waals surface area contributed by atoms with Crippen LogP contribution < -0.4 is 21.3 Å². The lowest BCUT2D eigenvalue weighted by Crippen LogP contribution is -2.63. The number of ether oxygens (including phenoxy) is 2. The minimum Gasteiger partial charge on any atom is -0.481 e. The Kier molecular flexibility index (Phi) is 13.9. The molecular formula is C44H50BrN4O15P. The number of aliphatic hydroxyl groups is 1. The van der Waals surface area contributed by atoms with Crippen LogP contribution in [0.1, 0.15) is 74.6 Å². The molecule has 348 valence electrons. The number of hydrogen-bond acceptors (Lipinski definition) is 12. The van der Waals surface area contributed by atoms with Gasteiger partial charge in [-0.05, 0) is 92.5 Å². The first kappa shape index (κ1) is 48.0. The van der Waals surface area contributed by atoms with Gasteiger partial charge in [-0.15, -0.1) is 0 Å². The number of Topliss-reactive ketones (excluding diaryl/α,β-unsaturated/α-hetero) is 1. The summed E-state index contributed by atoms with van der Waals surface area (Å²) in [5, 5.41) is 31.3. The summed E-state index contributed by atoms with van der Waals surface area (Å²) >= 11 is 2.96. The Morgan fingerprint density at radius 3 is 2.45 bits per heavy atom. The molecule has 4 aliphatic carbocycles. The Hall–Kier alpha value is -4.92. The summed E-state index contributed by atoms with van der Waals surface area (Å²) in [6, 6.07) is 11.0. The van der Waals surface area contributed by atoms with Crippen molar-refractivity contribution in [1.29, 1.82) is 0 Å². The van der Waals surface area contributed by atoms with Crippen molar-refractivity contribution < 1.29 is 72.1 Å². The SMILES string of the molecule is C[C@]12C=CC(=O)C=C1CC[C@@H]1[C@@H]2[C@@H](O)C[C@@]2(C)[C@H]1C[C@H]1O[C@@H](c3cccc(NC(=O)c4ccc(NC(=O)[C@H](CCC(=O)O)NC(=O)CNC(=O)CBr)cc4)c3)O[C@]12C(=O)COP(=O)(O)O. The number of carboxylic acids is 1. The Balaban J connectivity index is 1.05. The van der Waals surface area contributed by atoms with Gasteiger partial charge < -0.3 is 50.7 Å². The van der Waals surface area contributed by atoms with E-state index in [1.807, 2.05) is 19.9 Å². The summed E-state index contributed by atoms with van der Waals surface area (Å²) < 4.78 is 29.9. The first-order valence-electron chi connectivity index (χ1n) is 21.0. The largest absolute Gasteiger partial charge is 0.481 e. The third-order valence-electron chi connectivity index (χ3n) is 13.7. The maximum Gasteiger partial charge on any atom is 0.470 e. The van der Waals surface area contributed by atoms with E-state index in [9.17, 15) is 53.0 Å². The fourth-order valence-corrected chi connectivity index (χ4v) is 11.4. The first-order chi connectivity index (χ1) is 30.7. The highest BCUT2D eigenvalue weighted by Gasteiger charge is 2.76. The Labute approximate surface area is 381 Å². The van der Waals surface area contributed by atoms with E-state index < -0.39 is 104 Å². The molecule has 0 bridgehead atoms. The van der Waals surface area contributed by atoms with Gasteiger partial charge in [-0.2, -0.15) is 0 Å². The number of carbonyl (C=O) groups is 7. The van der Waals surface area contributed by atoms with E-state index in [2.05, 4.69) is 37.2 Å². The molecule has 19 nitrogen and oxygen atoms in total. The van der Waals surface area contributed by atoms with Crippen LogP contribution >= 0.6 is 23.8 Å². The number of nitrogens with one attached hydrogen (secondary N) is 4. The molecule has 4 fully saturated rings. The molecule has 3 saturated carbocycles. The molecule has 2 aromatic rings. The van der Waals surface area contributed by atoms with Crippen LogP contribution in [-0.4, -0.2) is 103 Å². The number of aliphatic carboxylic acids is 1. The zero-order chi connectivity index (χ0) is 47.1. The maximum absolute atomic E-state index is 14.4. The van der Waals surface area contributed by atoms with Crippen molar-refractivity contribution in [3.63, 3.8) is 0 Å². The lowest BCUT2D eigenvalue weighted by atomic mass is 9.46. The standard InChI is InChI=1S/C44H50BrN4O15P/c1-42-15-14-28(50)17-25(42)8-11-29-30-18-34-44(33(52)22-62-65(59,60)61,43(30,2)19-32(51)38(29)42)64-41(63-34)24-4-3-5-27(16-24)48-39(57)23-6-9-26(10-7-23)47-40(58)31(12-13-37(55)56)49-36(54)21-46-35(53)20-45/h3-7,9-10,14-17,29-32,34,38,41,51H,8,11-13,18-22H2,1-2H3,(H,46,53)(H,47,58)(H,48,57)(H,49,54)(H,55,56)(H2,59,60,61)/t29-,30-,31-,32-,34+,38+,41+,42-,43-,44+/m0/s1. The Morgan fingerprint density at radius 1 is 1.02 bits per heavy atom. The predicted molar refractivity (Wildman–Crippen MR) is 233 cm³/mol. The second kappa shape index (κ2) is 18.8. The second-order valence-electron chi connectivity index (χ2n) is 17.6. The highest BCUT2D eigenvalue weighted by molar-refractivity contribution is 9.09. The summed E-state index contributed by atoms with van der Waals surface area (Å²) in [5.41, 5.74) is -1.34. The third kappa shape index (κ3) is 9.67. The van der Waals surface area contributed by atoms with Gasteiger partial charge in [-0.1, -0.05) is 53.6 Å². The topological polar surface area (TPSA) is 293 Å². The van der Waals surface area contributed by atoms with Gasteiger partial charge in [0.1, 0.15) is 12.6 Å². The lowest BCUT2D eigenvalue weighted by molar-refractivity contribution is -0.200. The summed E-state index contributed by atoms with van der Waals surface area (Å²) in [6.07, 6.45) is 3.06. The van der Waals surface area contributed by atoms with Crippen molar-refractivity contribution >= 4 is 76.3 Å². The van der Waals surface area contributed by atoms with Crippen LogP contribution in [0.3, 0.4) is 0 Å². The van der Waals surface area contributed by atoms with Crippen molar-refractivity contribution in [3.05, 3.63) is 83.5 Å². The number of allylic oxidation sites excluding steroid dienone is 4. The molecule has 21 heteroatoms. The number of rotatable bonds is 16. The van der Waals surface area contributed by atoms with Gasteiger partial charge in [0.2, 0.25) is 17.7 Å². The van der Waals surface area contributed by atoms with Crippen molar-refractivity contribution in [3.8, 4) is 0 Å². The Morgan fingerprint density at radius 2 is 1.75 bits per heavy atom. The quantitative estimate of drug-likeness (QED) is 0.0883. The number of alkyl halides is 1. The number of phosphoric acid groups is 1. The second-order valence-corrected chi connectivity index (χ2v) is 19.4. The molecule has 65 heavy (non-hydrogen) atoms. The van der Waals surface area contributed by atoms with Crippen molar-refractivity contribution in [2.75, 3.05) is 29.1 Å². The molecular weight excluding hydrogens is 935 g/mol. The van der Waals surface area contributed by atoms with E-state index in [4.69, 9.17) is 19.1 Å². The molecule has 0 aromatic heterocycles. The summed E-state index contributed by atoms with van der Waals surface area (Å²) in [5.74, 6) is -5.07. The molecule has 5 aliphatic rings. The van der Waals surface area contributed by atoms with Gasteiger partial charge in [0, 0.05) is 45.7 Å². The normalized spacial score (nSPS) is 30.4. The van der Waals surface area contributed by atoms with Crippen LogP contribution in [-0.2, 0) is 47.3 Å². The van der Waals surface area contributed by atoms with Crippen LogP contribution in [0.4, 0.5) is 11.4 Å². The maximum atomic E-state index is 14.4. The van der Waals surface area contributed by atoms with Gasteiger partial charge in [0.05, 0.1) is 24.1 Å². The summed E-state index contributed by atoms with van der Waals surface area (Å²) in [7, 11) is -5.08. The van der Waals surface area contributed by atoms with Gasteiger partial charge in [0.15, 0.2) is 23.5 Å². The molecule has 0 unspecified atom stereocenters. The number of ketones is 2. The van der Waals surface area contributed by atoms with E-state index in [1.54, 1.807) is 30.3 Å². The molecule has 4 amide bonds. The third-order valence-corrected chi connectivity index (χ3v) is 14.7. The van der Waals surface area contributed by atoms with Crippen molar-refractivity contribution in [2.45, 2.75) is 82.5 Å². The number of carbonyl (C=O) groups excluding carboxylic acids is 6. The van der Waals surface area contributed by atoms with Crippen LogP contribution in [0.15, 0.2) is 72.3 Å². The number of anilines is 2. The fraction of sp³-hybridized carbons (Fsp3) is 0.477. The average molecular weight is 986 g/mol. The van der Waals surface area contributed by atoms with Crippen molar-refractivity contribution in [1.82, 2.24) is 10.6 Å². The minimum atomic E-state index is -5.08. The zero-order valence-corrected chi connectivity index (χ0v) is 37.8. The number of halogens is 1. The number of hydrogen-bond donors (Lipinski definition) is 8. The van der Waals surface area contributed by atoms with Crippen LogP contribution in [0, 0.1) is 28.6 Å². The van der Waals surface area contributed by atoms with Gasteiger partial charge in [0.25, 0.3) is 5.91 Å². The number of amides is 4. The average Bonchev–Trinajstić information content (AvgIpc) is 3.76. The highest BCUT2D eigenvalue weighted by Crippen LogP contribution is 2.70. The van der Waals surface area contributed by atoms with E-state index in [0.29, 0.717) is 30.5 Å². The molecule has 10 atom stereocenters. The van der Waals surface area contributed by atoms with Crippen LogP contribution in [0.5, 0.6) is 0 Å². The fourth-order valence-electron chi connectivity index (χ4n) is 10.9. The molecule has 0 spiro atoms. The van der Waals surface area contributed by atoms with E-state index in [1.165, 1.54) is 30.3 Å². The van der Waals surface area contributed by atoms with Crippen LogP contribution in [0.25, 0.3) is 0 Å². The number of aliphatic hydroxyl groups excluding tert-OH is 1. The molecule has 7 rings (SSSR count). The zero-order valence-electron chi connectivity index (χ0n) is 35.4. The first-order valence-corrected chi connectivity index (χ1v) is 23.7.